The average Bonchev–Trinajstić information content (AvgIpc) is 2.97. The molecule has 5 rings (SSSR count). The molecular weight excluding hydrogens is 665 g/mol. The Morgan fingerprint density at radius 3 is 1.11 bits per heavy atom. The zero-order valence-electron chi connectivity index (χ0n) is 22.5. The zero-order chi connectivity index (χ0) is 32.1. The Morgan fingerprint density at radius 1 is 0.477 bits per heavy atom. The highest BCUT2D eigenvalue weighted by molar-refractivity contribution is 7.96. The van der Waals surface area contributed by atoms with E-state index in [1.807, 2.05) is 103 Å². The molecule has 12 heteroatoms. The van der Waals surface area contributed by atoms with Crippen molar-refractivity contribution in [3.05, 3.63) is 159 Å². The monoisotopic (exact) mass is 686 g/mol. The van der Waals surface area contributed by atoms with Crippen molar-refractivity contribution in [2.75, 3.05) is 0 Å². The summed E-state index contributed by atoms with van der Waals surface area (Å²) < 4.78 is 79.7. The van der Waals surface area contributed by atoms with E-state index in [2.05, 4.69) is 0 Å². The van der Waals surface area contributed by atoms with E-state index in [1.165, 1.54) is 0 Å². The lowest BCUT2D eigenvalue weighted by Gasteiger charge is -2.35. The third-order valence-corrected chi connectivity index (χ3v) is 12.2. The summed E-state index contributed by atoms with van der Waals surface area (Å²) in [5.41, 5.74) is 0.726. The molecule has 0 heterocycles. The highest BCUT2D eigenvalue weighted by Crippen LogP contribution is 2.69. The molecule has 0 radical (unpaired) electrons. The molecule has 5 aromatic rings. The Morgan fingerprint density at radius 2 is 0.795 bits per heavy atom. The number of alkyl halides is 3. The summed E-state index contributed by atoms with van der Waals surface area (Å²) in [6, 6.07) is 38.6. The predicted octanol–water partition coefficient (Wildman–Crippen LogP) is 11.0. The van der Waals surface area contributed by atoms with Crippen LogP contribution in [0.2, 0.25) is 15.1 Å². The van der Waals surface area contributed by atoms with Gasteiger partial charge in [0.1, 0.15) is 28.8 Å². The molecule has 1 unspecified atom stereocenters. The standard InChI is InChI=1S/C32H22Cl3F3P.BF4/c33-25-10-16-28(17-11-25)39(29-18-12-26(34)13-19-29,30-20-14-27(35)15-21-30)31(22-4-2-1-3-5-22)23-6-8-24(9-7-23)32(36,37)38;2-1(3,4)5/h1-21,31H;/q+1;-1. The third-order valence-electron chi connectivity index (χ3n) is 6.76. The van der Waals surface area contributed by atoms with Gasteiger partial charge in [-0.15, -0.1) is 0 Å². The first-order valence-corrected chi connectivity index (χ1v) is 16.0. The molecule has 0 aliphatic carbocycles. The van der Waals surface area contributed by atoms with Gasteiger partial charge in [-0.1, -0.05) is 77.3 Å². The van der Waals surface area contributed by atoms with Crippen LogP contribution in [0, 0.1) is 0 Å². The molecule has 0 saturated carbocycles. The second-order valence-electron chi connectivity index (χ2n) is 9.58. The Labute approximate surface area is 265 Å². The lowest BCUT2D eigenvalue weighted by Crippen LogP contribution is -2.35. The van der Waals surface area contributed by atoms with Gasteiger partial charge in [0.15, 0.2) is 0 Å². The molecule has 0 saturated heterocycles. The number of rotatable bonds is 6. The number of hydrogen-bond donors (Lipinski definition) is 0. The summed E-state index contributed by atoms with van der Waals surface area (Å²) in [6.07, 6.45) is -4.43. The van der Waals surface area contributed by atoms with Crippen LogP contribution in [0.1, 0.15) is 22.3 Å². The van der Waals surface area contributed by atoms with Gasteiger partial charge in [-0.3, -0.25) is 0 Å². The highest BCUT2D eigenvalue weighted by atomic mass is 35.5. The van der Waals surface area contributed by atoms with Crippen LogP contribution in [0.4, 0.5) is 30.4 Å². The second kappa shape index (κ2) is 14.0. The summed E-state index contributed by atoms with van der Waals surface area (Å²) in [7, 11) is -8.68. The topological polar surface area (TPSA) is 0 Å². The molecule has 0 amide bonds. The third kappa shape index (κ3) is 8.16. The zero-order valence-corrected chi connectivity index (χ0v) is 25.7. The molecule has 0 spiro atoms. The number of hydrogen-bond acceptors (Lipinski definition) is 0. The fraction of sp³-hybridized carbons (Fsp3) is 0.0625. The summed E-state index contributed by atoms with van der Waals surface area (Å²) in [5, 5.41) is 4.83. The quantitative estimate of drug-likeness (QED) is 0.0947. The van der Waals surface area contributed by atoms with Crippen LogP contribution in [0.25, 0.3) is 0 Å². The number of halogens is 10. The van der Waals surface area contributed by atoms with Crippen LogP contribution in [-0.4, -0.2) is 7.25 Å². The molecule has 0 aromatic heterocycles. The van der Waals surface area contributed by atoms with Gasteiger partial charge in [0.25, 0.3) is 0 Å². The van der Waals surface area contributed by atoms with E-state index >= 15 is 0 Å². The largest absolute Gasteiger partial charge is 0.673 e. The first-order chi connectivity index (χ1) is 20.7. The average molecular weight is 688 g/mol. The van der Waals surface area contributed by atoms with E-state index in [9.17, 15) is 30.4 Å². The lowest BCUT2D eigenvalue weighted by atomic mass is 10.0. The van der Waals surface area contributed by atoms with Crippen LogP contribution >= 0.6 is 42.1 Å². The van der Waals surface area contributed by atoms with Gasteiger partial charge >= 0.3 is 13.4 Å². The summed E-state index contributed by atoms with van der Waals surface area (Å²) in [4.78, 5) is 0. The van der Waals surface area contributed by atoms with Gasteiger partial charge in [-0.25, -0.2) is 0 Å². The van der Waals surface area contributed by atoms with Crippen molar-refractivity contribution in [2.24, 2.45) is 0 Å². The maximum Gasteiger partial charge on any atom is 0.673 e. The van der Waals surface area contributed by atoms with Crippen molar-refractivity contribution < 1.29 is 30.4 Å². The van der Waals surface area contributed by atoms with Crippen LogP contribution < -0.4 is 15.9 Å². The molecule has 0 bridgehead atoms. The van der Waals surface area contributed by atoms with Crippen molar-refractivity contribution in [3.63, 3.8) is 0 Å². The van der Waals surface area contributed by atoms with Crippen molar-refractivity contribution in [3.8, 4) is 0 Å². The predicted molar refractivity (Wildman–Crippen MR) is 170 cm³/mol. The van der Waals surface area contributed by atoms with Crippen molar-refractivity contribution in [1.29, 1.82) is 0 Å². The minimum absolute atomic E-state index is 0.329. The van der Waals surface area contributed by atoms with E-state index < -0.39 is 26.3 Å². The van der Waals surface area contributed by atoms with Gasteiger partial charge in [-0.2, -0.15) is 13.2 Å². The van der Waals surface area contributed by atoms with Crippen LogP contribution in [0.15, 0.2) is 127 Å². The minimum atomic E-state index is -6.00. The highest BCUT2D eigenvalue weighted by Gasteiger charge is 2.54. The van der Waals surface area contributed by atoms with Gasteiger partial charge in [0, 0.05) is 15.1 Å². The van der Waals surface area contributed by atoms with E-state index in [4.69, 9.17) is 34.8 Å². The summed E-state index contributed by atoms with van der Waals surface area (Å²) in [5.74, 6) is 0. The SMILES string of the molecule is FC(F)(F)c1ccc(C(c2ccccc2)[P+](c2ccc(Cl)cc2)(c2ccc(Cl)cc2)c2ccc(Cl)cc2)cc1.F[B-](F)(F)F. The summed E-state index contributed by atoms with van der Waals surface area (Å²) >= 11 is 19.0. The summed E-state index contributed by atoms with van der Waals surface area (Å²) in [6.45, 7) is 0. The fourth-order valence-electron chi connectivity index (χ4n) is 5.05. The molecule has 0 fully saturated rings. The minimum Gasteiger partial charge on any atom is -0.418 e. The normalized spacial score (nSPS) is 12.7. The Balaban J connectivity index is 0.000000818. The van der Waals surface area contributed by atoms with E-state index in [0.717, 1.165) is 39.2 Å². The van der Waals surface area contributed by atoms with Crippen LogP contribution in [0.5, 0.6) is 0 Å². The van der Waals surface area contributed by atoms with E-state index in [1.54, 1.807) is 12.1 Å². The Kier molecular flexibility index (Phi) is 10.7. The molecular formula is C32H22BCl3F7P. The van der Waals surface area contributed by atoms with Crippen LogP contribution in [0.3, 0.4) is 0 Å². The smallest absolute Gasteiger partial charge is 0.418 e. The molecule has 44 heavy (non-hydrogen) atoms. The molecule has 0 aliphatic heterocycles. The molecule has 228 valence electrons. The first kappa shape index (κ1) is 33.9. The molecule has 5 aromatic carbocycles. The van der Waals surface area contributed by atoms with Crippen molar-refractivity contribution in [1.82, 2.24) is 0 Å². The first-order valence-electron chi connectivity index (χ1n) is 13.0. The molecule has 0 aliphatic rings. The lowest BCUT2D eigenvalue weighted by molar-refractivity contribution is -0.137. The van der Waals surface area contributed by atoms with Crippen LogP contribution in [-0.2, 0) is 6.18 Å². The van der Waals surface area contributed by atoms with Gasteiger partial charge in [0.05, 0.1) is 5.56 Å². The maximum absolute atomic E-state index is 13.6. The number of benzene rings is 5. The van der Waals surface area contributed by atoms with E-state index in [0.29, 0.717) is 15.1 Å². The van der Waals surface area contributed by atoms with Crippen molar-refractivity contribution in [2.45, 2.75) is 11.8 Å². The van der Waals surface area contributed by atoms with Gasteiger partial charge in [-0.05, 0) is 96.1 Å². The second-order valence-corrected chi connectivity index (χ2v) is 14.4. The fourth-order valence-corrected chi connectivity index (χ4v) is 10.3. The van der Waals surface area contributed by atoms with Gasteiger partial charge in [0.2, 0.25) is 0 Å². The van der Waals surface area contributed by atoms with Gasteiger partial charge < -0.3 is 17.3 Å². The maximum atomic E-state index is 13.6. The molecule has 1 atom stereocenters. The molecule has 0 N–H and O–H groups in total. The molecule has 0 nitrogen and oxygen atoms in total. The Bertz CT molecular complexity index is 1530. The Hall–Kier alpha value is -3.03. The van der Waals surface area contributed by atoms with Crippen molar-refractivity contribution >= 4 is 65.2 Å². The van der Waals surface area contributed by atoms with E-state index in [-0.39, 0.29) is 5.66 Å².